The number of carbonyl (C=O) groups is 1. The van der Waals surface area contributed by atoms with Gasteiger partial charge in [-0.2, -0.15) is 4.98 Å². The second kappa shape index (κ2) is 8.65. The fourth-order valence-corrected chi connectivity index (χ4v) is 3.90. The van der Waals surface area contributed by atoms with Crippen LogP contribution in [0.3, 0.4) is 0 Å². The zero-order chi connectivity index (χ0) is 21.1. The molecule has 7 nitrogen and oxygen atoms in total. The van der Waals surface area contributed by atoms with Gasteiger partial charge in [-0.05, 0) is 49.9 Å². The number of benzene rings is 1. The van der Waals surface area contributed by atoms with Crippen molar-refractivity contribution in [2.24, 2.45) is 5.92 Å². The van der Waals surface area contributed by atoms with E-state index < -0.39 is 0 Å². The second-order valence-electron chi connectivity index (χ2n) is 7.92. The molecule has 1 N–H and O–H groups in total. The molecule has 30 heavy (non-hydrogen) atoms. The number of aryl methyl sites for hydroxylation is 3. The third-order valence-corrected chi connectivity index (χ3v) is 5.68. The van der Waals surface area contributed by atoms with Crippen LogP contribution in [-0.2, 0) is 11.3 Å². The van der Waals surface area contributed by atoms with Crippen molar-refractivity contribution in [3.63, 3.8) is 0 Å². The number of anilines is 1. The van der Waals surface area contributed by atoms with Crippen LogP contribution >= 0.6 is 0 Å². The smallest absolute Gasteiger partial charge is 0.223 e. The quantitative estimate of drug-likeness (QED) is 0.698. The number of pyridine rings is 1. The summed E-state index contributed by atoms with van der Waals surface area (Å²) in [6, 6.07) is 10.2. The monoisotopic (exact) mass is 405 g/mol. The Bertz CT molecular complexity index is 1040. The molecule has 7 heteroatoms. The van der Waals surface area contributed by atoms with Crippen molar-refractivity contribution in [2.75, 3.05) is 18.0 Å². The topological polar surface area (TPSA) is 84.2 Å². The predicted octanol–water partition coefficient (Wildman–Crippen LogP) is 3.59. The van der Waals surface area contributed by atoms with Gasteiger partial charge in [0.2, 0.25) is 17.6 Å². The fraction of sp³-hybridized carbons (Fsp3) is 0.391. The second-order valence-corrected chi connectivity index (χ2v) is 7.92. The van der Waals surface area contributed by atoms with E-state index in [0.29, 0.717) is 18.3 Å². The summed E-state index contributed by atoms with van der Waals surface area (Å²) in [7, 11) is 0. The predicted molar refractivity (Wildman–Crippen MR) is 115 cm³/mol. The first kappa shape index (κ1) is 20.1. The number of amides is 1. The number of hydrogen-bond donors (Lipinski definition) is 1. The van der Waals surface area contributed by atoms with Crippen LogP contribution in [0.5, 0.6) is 0 Å². The van der Waals surface area contributed by atoms with Crippen LogP contribution in [0, 0.1) is 26.7 Å². The molecule has 1 aliphatic heterocycles. The summed E-state index contributed by atoms with van der Waals surface area (Å²) in [5.74, 6) is 2.06. The Labute approximate surface area is 176 Å². The van der Waals surface area contributed by atoms with Crippen molar-refractivity contribution in [3.05, 3.63) is 59.1 Å². The van der Waals surface area contributed by atoms with E-state index in [-0.39, 0.29) is 11.8 Å². The minimum atomic E-state index is 0.0194. The maximum absolute atomic E-state index is 12.7. The van der Waals surface area contributed by atoms with Crippen LogP contribution in [0.4, 0.5) is 5.82 Å². The van der Waals surface area contributed by atoms with E-state index in [9.17, 15) is 4.79 Å². The molecule has 0 atom stereocenters. The highest BCUT2D eigenvalue weighted by Gasteiger charge is 2.27. The molecule has 1 aromatic carbocycles. The largest absolute Gasteiger partial charge is 0.356 e. The van der Waals surface area contributed by atoms with Crippen LogP contribution in [0.2, 0.25) is 0 Å². The first-order valence-corrected chi connectivity index (χ1v) is 10.4. The fourth-order valence-electron chi connectivity index (χ4n) is 3.90. The van der Waals surface area contributed by atoms with E-state index in [4.69, 9.17) is 4.52 Å². The summed E-state index contributed by atoms with van der Waals surface area (Å²) in [4.78, 5) is 23.8. The van der Waals surface area contributed by atoms with Gasteiger partial charge in [0.15, 0.2) is 0 Å². The van der Waals surface area contributed by atoms with Crippen molar-refractivity contribution in [2.45, 2.75) is 40.2 Å². The molecule has 3 aromatic rings. The lowest BCUT2D eigenvalue weighted by molar-refractivity contribution is -0.125. The number of piperidine rings is 1. The Kier molecular flexibility index (Phi) is 5.79. The van der Waals surface area contributed by atoms with Crippen LogP contribution < -0.4 is 10.2 Å². The Balaban J connectivity index is 1.37. The molecule has 0 radical (unpaired) electrons. The first-order valence-electron chi connectivity index (χ1n) is 10.4. The maximum Gasteiger partial charge on any atom is 0.223 e. The minimum absolute atomic E-state index is 0.0194. The van der Waals surface area contributed by atoms with Crippen molar-refractivity contribution in [3.8, 4) is 11.4 Å². The summed E-state index contributed by atoms with van der Waals surface area (Å²) >= 11 is 0. The van der Waals surface area contributed by atoms with E-state index >= 15 is 0 Å². The summed E-state index contributed by atoms with van der Waals surface area (Å²) in [6.45, 7) is 8.03. The number of hydrogen-bond acceptors (Lipinski definition) is 6. The van der Waals surface area contributed by atoms with E-state index in [0.717, 1.165) is 37.3 Å². The maximum atomic E-state index is 12.7. The van der Waals surface area contributed by atoms with Gasteiger partial charge in [0.25, 0.3) is 0 Å². The van der Waals surface area contributed by atoms with Gasteiger partial charge in [-0.25, -0.2) is 4.98 Å². The lowest BCUT2D eigenvalue weighted by Gasteiger charge is -2.33. The van der Waals surface area contributed by atoms with E-state index in [1.807, 2.05) is 12.1 Å². The van der Waals surface area contributed by atoms with Crippen molar-refractivity contribution in [1.82, 2.24) is 20.4 Å². The molecule has 0 bridgehead atoms. The van der Waals surface area contributed by atoms with Crippen LogP contribution in [0.25, 0.3) is 11.4 Å². The zero-order valence-corrected chi connectivity index (χ0v) is 17.7. The van der Waals surface area contributed by atoms with Crippen LogP contribution in [-0.4, -0.2) is 34.1 Å². The molecule has 1 fully saturated rings. The third kappa shape index (κ3) is 4.35. The average Bonchev–Trinajstić information content (AvgIpc) is 3.20. The van der Waals surface area contributed by atoms with Crippen LogP contribution in [0.15, 0.2) is 41.1 Å². The number of carbonyl (C=O) groups excluding carboxylic acids is 1. The van der Waals surface area contributed by atoms with Gasteiger partial charge in [0, 0.05) is 38.7 Å². The Morgan fingerprint density at radius 3 is 2.73 bits per heavy atom. The molecular weight excluding hydrogens is 378 g/mol. The average molecular weight is 406 g/mol. The molecule has 0 unspecified atom stereocenters. The standard InChI is InChI=1S/C23H27N5O2/c1-15-6-7-16(2)19(13-15)14-25-23(29)18-8-11-28(12-9-18)22-20(5-4-10-24-22)21-26-17(3)30-27-21/h4-7,10,13,18H,8-9,11-12,14H2,1-3H3,(H,25,29). The summed E-state index contributed by atoms with van der Waals surface area (Å²) in [6.07, 6.45) is 3.36. The molecule has 1 amide bonds. The normalized spacial score (nSPS) is 14.7. The minimum Gasteiger partial charge on any atom is -0.356 e. The highest BCUT2D eigenvalue weighted by Crippen LogP contribution is 2.30. The number of rotatable bonds is 5. The summed E-state index contributed by atoms with van der Waals surface area (Å²) in [5.41, 5.74) is 4.44. The number of nitrogens with one attached hydrogen (secondary N) is 1. The highest BCUT2D eigenvalue weighted by molar-refractivity contribution is 5.79. The van der Waals surface area contributed by atoms with E-state index in [1.54, 1.807) is 13.1 Å². The molecule has 0 spiro atoms. The van der Waals surface area contributed by atoms with Crippen molar-refractivity contribution >= 4 is 11.7 Å². The van der Waals surface area contributed by atoms with E-state index in [2.05, 4.69) is 57.4 Å². The molecule has 1 aliphatic rings. The number of aromatic nitrogens is 3. The zero-order valence-electron chi connectivity index (χ0n) is 17.7. The van der Waals surface area contributed by atoms with Gasteiger partial charge in [-0.3, -0.25) is 4.79 Å². The van der Waals surface area contributed by atoms with Gasteiger partial charge in [0.1, 0.15) is 5.82 Å². The van der Waals surface area contributed by atoms with Gasteiger partial charge in [-0.1, -0.05) is 28.9 Å². The Hall–Kier alpha value is -3.22. The molecular formula is C23H27N5O2. The summed E-state index contributed by atoms with van der Waals surface area (Å²) in [5, 5.41) is 7.16. The summed E-state index contributed by atoms with van der Waals surface area (Å²) < 4.78 is 5.13. The van der Waals surface area contributed by atoms with Gasteiger partial charge < -0.3 is 14.7 Å². The lowest BCUT2D eigenvalue weighted by atomic mass is 9.95. The SMILES string of the molecule is Cc1ccc(C)c(CNC(=O)C2CCN(c3ncccc3-c3noc(C)n3)CC2)c1. The lowest BCUT2D eigenvalue weighted by Crippen LogP contribution is -2.41. The highest BCUT2D eigenvalue weighted by atomic mass is 16.5. The first-order chi connectivity index (χ1) is 14.5. The van der Waals surface area contributed by atoms with Gasteiger partial charge >= 0.3 is 0 Å². The molecule has 0 saturated carbocycles. The van der Waals surface area contributed by atoms with E-state index in [1.165, 1.54) is 16.7 Å². The Morgan fingerprint density at radius 2 is 2.00 bits per heavy atom. The third-order valence-electron chi connectivity index (χ3n) is 5.68. The molecule has 1 saturated heterocycles. The van der Waals surface area contributed by atoms with Crippen molar-refractivity contribution in [1.29, 1.82) is 0 Å². The molecule has 0 aliphatic carbocycles. The van der Waals surface area contributed by atoms with Gasteiger partial charge in [0.05, 0.1) is 5.56 Å². The van der Waals surface area contributed by atoms with Crippen LogP contribution in [0.1, 0.15) is 35.4 Å². The number of nitrogens with zero attached hydrogens (tertiary/aromatic N) is 4. The molecule has 4 rings (SSSR count). The Morgan fingerprint density at radius 1 is 1.20 bits per heavy atom. The molecule has 3 heterocycles. The molecule has 156 valence electrons. The van der Waals surface area contributed by atoms with Gasteiger partial charge in [-0.15, -0.1) is 0 Å². The molecule has 2 aromatic heterocycles. The van der Waals surface area contributed by atoms with Crippen molar-refractivity contribution < 1.29 is 9.32 Å².